The third-order valence-corrected chi connectivity index (χ3v) is 4.77. The van der Waals surface area contributed by atoms with Crippen LogP contribution in [0.2, 0.25) is 0 Å². The summed E-state index contributed by atoms with van der Waals surface area (Å²) in [7, 11) is 0. The van der Waals surface area contributed by atoms with E-state index >= 15 is 0 Å². The Bertz CT molecular complexity index is 185. The lowest BCUT2D eigenvalue weighted by molar-refractivity contribution is 0.0677. The standard InChI is InChI=1S/C14H26/c1-5-10-8-11-6-7-12(9-10)13(11)14(2,3)4/h10-13H,5-9H2,1-4H3/t10?,11-,12?,13?/m1/s1. The molecule has 0 aromatic carbocycles. The van der Waals surface area contributed by atoms with Crippen molar-refractivity contribution in [1.82, 2.24) is 0 Å². The molecule has 0 aliphatic heterocycles. The average Bonchev–Trinajstić information content (AvgIpc) is 2.38. The highest BCUT2D eigenvalue weighted by molar-refractivity contribution is 4.96. The van der Waals surface area contributed by atoms with E-state index in [-0.39, 0.29) is 0 Å². The summed E-state index contributed by atoms with van der Waals surface area (Å²) in [5.74, 6) is 4.23. The van der Waals surface area contributed by atoms with Gasteiger partial charge in [0.2, 0.25) is 0 Å². The molecule has 82 valence electrons. The zero-order valence-electron chi connectivity index (χ0n) is 10.3. The van der Waals surface area contributed by atoms with Crippen LogP contribution in [0.5, 0.6) is 0 Å². The quantitative estimate of drug-likeness (QED) is 0.577. The van der Waals surface area contributed by atoms with Gasteiger partial charge in [-0.2, -0.15) is 0 Å². The second kappa shape index (κ2) is 3.54. The molecule has 0 aromatic heterocycles. The Kier molecular flexibility index (Phi) is 2.66. The molecule has 0 radical (unpaired) electrons. The normalized spacial score (nSPS) is 42.9. The Hall–Kier alpha value is 0. The molecular formula is C14H26. The highest BCUT2D eigenvalue weighted by atomic mass is 14.5. The first-order valence-corrected chi connectivity index (χ1v) is 6.52. The van der Waals surface area contributed by atoms with Gasteiger partial charge in [0.05, 0.1) is 0 Å². The molecule has 2 rings (SSSR count). The van der Waals surface area contributed by atoms with Crippen molar-refractivity contribution < 1.29 is 0 Å². The van der Waals surface area contributed by atoms with Gasteiger partial charge in [0, 0.05) is 0 Å². The molecule has 0 aromatic rings. The van der Waals surface area contributed by atoms with Crippen molar-refractivity contribution >= 4 is 0 Å². The Morgan fingerprint density at radius 1 is 1.00 bits per heavy atom. The molecule has 2 aliphatic rings. The minimum atomic E-state index is 0.560. The van der Waals surface area contributed by atoms with Gasteiger partial charge in [0.1, 0.15) is 0 Å². The molecule has 0 heteroatoms. The minimum absolute atomic E-state index is 0.560. The van der Waals surface area contributed by atoms with Gasteiger partial charge in [-0.3, -0.25) is 0 Å². The first kappa shape index (κ1) is 10.5. The van der Waals surface area contributed by atoms with Crippen molar-refractivity contribution in [3.8, 4) is 0 Å². The van der Waals surface area contributed by atoms with Crippen LogP contribution in [-0.4, -0.2) is 0 Å². The molecule has 4 atom stereocenters. The van der Waals surface area contributed by atoms with Crippen LogP contribution in [0, 0.1) is 29.1 Å². The fraction of sp³-hybridized carbons (Fsp3) is 1.00. The van der Waals surface area contributed by atoms with Crippen LogP contribution in [0.4, 0.5) is 0 Å². The van der Waals surface area contributed by atoms with E-state index in [1.807, 2.05) is 0 Å². The largest absolute Gasteiger partial charge is 0.0651 e. The van der Waals surface area contributed by atoms with Crippen LogP contribution in [0.3, 0.4) is 0 Å². The van der Waals surface area contributed by atoms with Gasteiger partial charge in [0.15, 0.2) is 0 Å². The van der Waals surface area contributed by atoms with Gasteiger partial charge in [0.25, 0.3) is 0 Å². The Balaban J connectivity index is 2.10. The highest BCUT2D eigenvalue weighted by Crippen LogP contribution is 2.55. The summed E-state index contributed by atoms with van der Waals surface area (Å²) in [5.41, 5.74) is 0.560. The number of rotatable bonds is 1. The van der Waals surface area contributed by atoms with Gasteiger partial charge in [-0.1, -0.05) is 34.1 Å². The van der Waals surface area contributed by atoms with Crippen LogP contribution < -0.4 is 0 Å². The Labute approximate surface area is 89.5 Å². The summed E-state index contributed by atoms with van der Waals surface area (Å²) < 4.78 is 0. The van der Waals surface area contributed by atoms with Gasteiger partial charge in [-0.25, -0.2) is 0 Å². The maximum absolute atomic E-state index is 2.45. The van der Waals surface area contributed by atoms with Gasteiger partial charge < -0.3 is 0 Å². The molecule has 0 spiro atoms. The van der Waals surface area contributed by atoms with Crippen molar-refractivity contribution in [3.63, 3.8) is 0 Å². The second-order valence-corrected chi connectivity index (χ2v) is 6.73. The van der Waals surface area contributed by atoms with Gasteiger partial charge in [-0.15, -0.1) is 0 Å². The summed E-state index contributed by atoms with van der Waals surface area (Å²) >= 11 is 0. The average molecular weight is 194 g/mol. The lowest BCUT2D eigenvalue weighted by Gasteiger charge is -2.42. The van der Waals surface area contributed by atoms with Gasteiger partial charge >= 0.3 is 0 Å². The number of fused-ring (bicyclic) bond motifs is 2. The van der Waals surface area contributed by atoms with E-state index in [1.54, 1.807) is 0 Å². The van der Waals surface area contributed by atoms with E-state index in [1.165, 1.54) is 32.1 Å². The topological polar surface area (TPSA) is 0 Å². The lowest BCUT2D eigenvalue weighted by Crippen LogP contribution is -2.35. The fourth-order valence-electron chi connectivity index (χ4n) is 4.40. The molecule has 0 N–H and O–H groups in total. The molecule has 3 unspecified atom stereocenters. The van der Waals surface area contributed by atoms with Crippen molar-refractivity contribution in [2.75, 3.05) is 0 Å². The highest BCUT2D eigenvalue weighted by Gasteiger charge is 2.46. The summed E-state index contributed by atoms with van der Waals surface area (Å²) in [4.78, 5) is 0. The summed E-state index contributed by atoms with van der Waals surface area (Å²) in [5, 5.41) is 0. The third kappa shape index (κ3) is 1.73. The maximum Gasteiger partial charge on any atom is -0.0308 e. The predicted molar refractivity (Wildman–Crippen MR) is 62.2 cm³/mol. The fourth-order valence-corrected chi connectivity index (χ4v) is 4.40. The lowest BCUT2D eigenvalue weighted by atomic mass is 9.63. The summed E-state index contributed by atoms with van der Waals surface area (Å²) in [6, 6.07) is 0. The van der Waals surface area contributed by atoms with E-state index in [0.29, 0.717) is 5.41 Å². The number of hydrogen-bond donors (Lipinski definition) is 0. The smallest absolute Gasteiger partial charge is 0.0308 e. The van der Waals surface area contributed by atoms with Crippen molar-refractivity contribution in [3.05, 3.63) is 0 Å². The van der Waals surface area contributed by atoms with Crippen LogP contribution in [-0.2, 0) is 0 Å². The molecular weight excluding hydrogens is 168 g/mol. The first-order chi connectivity index (χ1) is 6.52. The maximum atomic E-state index is 2.45. The monoisotopic (exact) mass is 194 g/mol. The molecule has 0 nitrogen and oxygen atoms in total. The zero-order chi connectivity index (χ0) is 10.3. The molecule has 2 saturated carbocycles. The molecule has 2 aliphatic carbocycles. The molecule has 0 saturated heterocycles. The van der Waals surface area contributed by atoms with E-state index in [4.69, 9.17) is 0 Å². The Morgan fingerprint density at radius 3 is 1.86 bits per heavy atom. The third-order valence-electron chi connectivity index (χ3n) is 4.77. The molecule has 2 fully saturated rings. The molecule has 0 heterocycles. The first-order valence-electron chi connectivity index (χ1n) is 6.52. The van der Waals surface area contributed by atoms with E-state index in [9.17, 15) is 0 Å². The number of hydrogen-bond acceptors (Lipinski definition) is 0. The van der Waals surface area contributed by atoms with Crippen LogP contribution in [0.15, 0.2) is 0 Å². The summed E-state index contributed by atoms with van der Waals surface area (Å²) in [6.07, 6.45) is 7.56. The van der Waals surface area contributed by atoms with Crippen LogP contribution in [0.25, 0.3) is 0 Å². The van der Waals surface area contributed by atoms with E-state index < -0.39 is 0 Å². The van der Waals surface area contributed by atoms with Crippen molar-refractivity contribution in [2.45, 2.75) is 59.8 Å². The van der Waals surface area contributed by atoms with Crippen molar-refractivity contribution in [2.24, 2.45) is 29.1 Å². The Morgan fingerprint density at radius 2 is 1.50 bits per heavy atom. The zero-order valence-corrected chi connectivity index (χ0v) is 10.3. The SMILES string of the molecule is CCC1CC2CC[C@H](C1)C2C(C)(C)C. The van der Waals surface area contributed by atoms with Crippen molar-refractivity contribution in [1.29, 1.82) is 0 Å². The van der Waals surface area contributed by atoms with Crippen LogP contribution >= 0.6 is 0 Å². The van der Waals surface area contributed by atoms with E-state index in [2.05, 4.69) is 27.7 Å². The van der Waals surface area contributed by atoms with E-state index in [0.717, 1.165) is 23.7 Å². The predicted octanol–water partition coefficient (Wildman–Crippen LogP) is 4.49. The van der Waals surface area contributed by atoms with Crippen LogP contribution in [0.1, 0.15) is 59.8 Å². The molecule has 2 bridgehead atoms. The molecule has 0 amide bonds. The molecule has 14 heavy (non-hydrogen) atoms. The summed E-state index contributed by atoms with van der Waals surface area (Å²) in [6.45, 7) is 9.74. The van der Waals surface area contributed by atoms with Gasteiger partial charge in [-0.05, 0) is 54.8 Å². The minimum Gasteiger partial charge on any atom is -0.0651 e. The second-order valence-electron chi connectivity index (χ2n) is 6.73.